The average molecular weight is 287 g/mol. The molecule has 1 heterocycles. The molecule has 0 N–H and O–H groups in total. The molecule has 19 heavy (non-hydrogen) atoms. The van der Waals surface area contributed by atoms with Crippen molar-refractivity contribution in [1.29, 1.82) is 0 Å². The monoisotopic (exact) mass is 286 g/mol. The Balaban J connectivity index is 2.89. The highest BCUT2D eigenvalue weighted by atomic mass is 35.5. The molecule has 110 valence electrons. The number of hydrogen-bond donors (Lipinski definition) is 0. The summed E-state index contributed by atoms with van der Waals surface area (Å²) in [4.78, 5) is 0. The summed E-state index contributed by atoms with van der Waals surface area (Å²) in [5.41, 5.74) is 3.48. The van der Waals surface area contributed by atoms with Crippen molar-refractivity contribution in [3.8, 4) is 0 Å². The standard InChI is InChI=1S/C15H27ClN2O/c1-7-12-14(11(3)16)13(8-2)18(17-12)9-10-19-15(4,5)6/h11H,7-10H2,1-6H3. The first-order chi connectivity index (χ1) is 8.80. The van der Waals surface area contributed by atoms with Gasteiger partial charge < -0.3 is 4.74 Å². The minimum Gasteiger partial charge on any atom is -0.374 e. The van der Waals surface area contributed by atoms with Crippen LogP contribution in [0.15, 0.2) is 0 Å². The zero-order chi connectivity index (χ0) is 14.6. The molecule has 0 spiro atoms. The predicted molar refractivity (Wildman–Crippen MR) is 81.0 cm³/mol. The number of hydrogen-bond acceptors (Lipinski definition) is 2. The summed E-state index contributed by atoms with van der Waals surface area (Å²) in [6, 6.07) is 0. The van der Waals surface area contributed by atoms with Crippen LogP contribution in [0.5, 0.6) is 0 Å². The lowest BCUT2D eigenvalue weighted by molar-refractivity contribution is -0.00817. The normalized spacial score (nSPS) is 13.8. The van der Waals surface area contributed by atoms with Gasteiger partial charge in [-0.05, 0) is 40.5 Å². The molecule has 1 unspecified atom stereocenters. The maximum Gasteiger partial charge on any atom is 0.0671 e. The molecule has 0 fully saturated rings. The summed E-state index contributed by atoms with van der Waals surface area (Å²) in [7, 11) is 0. The molecule has 4 heteroatoms. The van der Waals surface area contributed by atoms with E-state index in [-0.39, 0.29) is 11.0 Å². The fraction of sp³-hybridized carbons (Fsp3) is 0.800. The lowest BCUT2D eigenvalue weighted by Gasteiger charge is -2.19. The molecule has 1 rings (SSSR count). The van der Waals surface area contributed by atoms with Crippen LogP contribution in [-0.4, -0.2) is 22.0 Å². The van der Waals surface area contributed by atoms with E-state index >= 15 is 0 Å². The molecule has 3 nitrogen and oxygen atoms in total. The zero-order valence-electron chi connectivity index (χ0n) is 13.1. The van der Waals surface area contributed by atoms with E-state index in [0.717, 1.165) is 25.1 Å². The molecule has 0 radical (unpaired) electrons. The largest absolute Gasteiger partial charge is 0.374 e. The highest BCUT2D eigenvalue weighted by Crippen LogP contribution is 2.28. The van der Waals surface area contributed by atoms with Crippen LogP contribution in [0, 0.1) is 0 Å². The second kappa shape index (κ2) is 6.76. The smallest absolute Gasteiger partial charge is 0.0671 e. The van der Waals surface area contributed by atoms with Crippen molar-refractivity contribution in [3.05, 3.63) is 17.0 Å². The third kappa shape index (κ3) is 4.50. The van der Waals surface area contributed by atoms with E-state index in [1.54, 1.807) is 0 Å². The van der Waals surface area contributed by atoms with E-state index < -0.39 is 0 Å². The van der Waals surface area contributed by atoms with E-state index in [2.05, 4.69) is 39.3 Å². The van der Waals surface area contributed by atoms with E-state index in [1.165, 1.54) is 11.3 Å². The van der Waals surface area contributed by atoms with Crippen molar-refractivity contribution < 1.29 is 4.74 Å². The molecule has 0 saturated heterocycles. The SMILES string of the molecule is CCc1nn(CCOC(C)(C)C)c(CC)c1C(C)Cl. The molecule has 1 aromatic heterocycles. The van der Waals surface area contributed by atoms with Crippen molar-refractivity contribution >= 4 is 11.6 Å². The van der Waals surface area contributed by atoms with Crippen LogP contribution in [0.3, 0.4) is 0 Å². The van der Waals surface area contributed by atoms with Gasteiger partial charge in [-0.3, -0.25) is 4.68 Å². The fourth-order valence-electron chi connectivity index (χ4n) is 2.28. The number of aryl methyl sites for hydroxylation is 1. The van der Waals surface area contributed by atoms with Gasteiger partial charge >= 0.3 is 0 Å². The first-order valence-electron chi connectivity index (χ1n) is 7.16. The third-order valence-electron chi connectivity index (χ3n) is 3.08. The number of aromatic nitrogens is 2. The van der Waals surface area contributed by atoms with Crippen molar-refractivity contribution in [1.82, 2.24) is 9.78 Å². The molecule has 0 amide bonds. The van der Waals surface area contributed by atoms with Crippen LogP contribution in [0.25, 0.3) is 0 Å². The summed E-state index contributed by atoms with van der Waals surface area (Å²) in [6.45, 7) is 14.0. The first-order valence-corrected chi connectivity index (χ1v) is 7.60. The molecule has 0 aromatic carbocycles. The van der Waals surface area contributed by atoms with Crippen LogP contribution in [0.2, 0.25) is 0 Å². The Morgan fingerprint density at radius 1 is 1.26 bits per heavy atom. The minimum atomic E-state index is -0.101. The Hall–Kier alpha value is -0.540. The van der Waals surface area contributed by atoms with Gasteiger partial charge in [-0.1, -0.05) is 13.8 Å². The second-order valence-corrected chi connectivity index (χ2v) is 6.47. The van der Waals surface area contributed by atoms with Gasteiger partial charge in [-0.2, -0.15) is 5.10 Å². The Morgan fingerprint density at radius 3 is 2.32 bits per heavy atom. The van der Waals surface area contributed by atoms with Gasteiger partial charge in [0.2, 0.25) is 0 Å². The number of alkyl halides is 1. The van der Waals surface area contributed by atoms with Gasteiger partial charge in [0.1, 0.15) is 0 Å². The highest BCUT2D eigenvalue weighted by Gasteiger charge is 2.19. The van der Waals surface area contributed by atoms with E-state index in [0.29, 0.717) is 6.61 Å². The van der Waals surface area contributed by atoms with Crippen molar-refractivity contribution in [2.75, 3.05) is 6.61 Å². The Kier molecular flexibility index (Phi) is 5.87. The zero-order valence-corrected chi connectivity index (χ0v) is 13.8. The average Bonchev–Trinajstić information content (AvgIpc) is 2.65. The molecule has 1 atom stereocenters. The molecule has 0 aliphatic heterocycles. The Morgan fingerprint density at radius 2 is 1.89 bits per heavy atom. The van der Waals surface area contributed by atoms with Crippen molar-refractivity contribution in [3.63, 3.8) is 0 Å². The number of nitrogens with zero attached hydrogens (tertiary/aromatic N) is 2. The van der Waals surface area contributed by atoms with E-state index in [9.17, 15) is 0 Å². The molecular weight excluding hydrogens is 260 g/mol. The molecule has 0 saturated carbocycles. The van der Waals surface area contributed by atoms with Crippen LogP contribution >= 0.6 is 11.6 Å². The van der Waals surface area contributed by atoms with Crippen LogP contribution in [0.4, 0.5) is 0 Å². The van der Waals surface area contributed by atoms with Gasteiger partial charge in [-0.15, -0.1) is 11.6 Å². The third-order valence-corrected chi connectivity index (χ3v) is 3.30. The van der Waals surface area contributed by atoms with E-state index in [1.807, 2.05) is 6.92 Å². The maximum absolute atomic E-state index is 6.31. The molecule has 0 aliphatic carbocycles. The number of halogens is 1. The van der Waals surface area contributed by atoms with Gasteiger partial charge in [0.25, 0.3) is 0 Å². The molecule has 0 aliphatic rings. The maximum atomic E-state index is 6.31. The predicted octanol–water partition coefficient (Wildman–Crippen LogP) is 4.12. The Bertz CT molecular complexity index is 405. The van der Waals surface area contributed by atoms with Crippen LogP contribution in [-0.2, 0) is 24.1 Å². The van der Waals surface area contributed by atoms with Gasteiger partial charge in [0.05, 0.1) is 29.8 Å². The lowest BCUT2D eigenvalue weighted by atomic mass is 10.1. The van der Waals surface area contributed by atoms with E-state index in [4.69, 9.17) is 21.4 Å². The molecule has 1 aromatic rings. The highest BCUT2D eigenvalue weighted by molar-refractivity contribution is 6.20. The van der Waals surface area contributed by atoms with Gasteiger partial charge in [0.15, 0.2) is 0 Å². The molecule has 0 bridgehead atoms. The summed E-state index contributed by atoms with van der Waals surface area (Å²) in [5, 5.41) is 4.71. The van der Waals surface area contributed by atoms with Crippen molar-refractivity contribution in [2.45, 2.75) is 71.9 Å². The van der Waals surface area contributed by atoms with Crippen LogP contribution in [0.1, 0.15) is 63.9 Å². The second-order valence-electron chi connectivity index (χ2n) is 5.81. The Labute approximate surface area is 122 Å². The summed E-state index contributed by atoms with van der Waals surface area (Å²) in [6.07, 6.45) is 1.88. The van der Waals surface area contributed by atoms with Crippen molar-refractivity contribution in [2.24, 2.45) is 0 Å². The molecular formula is C15H27ClN2O. The number of rotatable bonds is 6. The number of ether oxygens (including phenoxy) is 1. The summed E-state index contributed by atoms with van der Waals surface area (Å²) in [5.74, 6) is 0. The van der Waals surface area contributed by atoms with Crippen LogP contribution < -0.4 is 0 Å². The quantitative estimate of drug-likeness (QED) is 0.736. The first kappa shape index (κ1) is 16.5. The topological polar surface area (TPSA) is 27.1 Å². The fourth-order valence-corrected chi connectivity index (χ4v) is 2.53. The van der Waals surface area contributed by atoms with Gasteiger partial charge in [0, 0.05) is 11.3 Å². The summed E-state index contributed by atoms with van der Waals surface area (Å²) >= 11 is 6.31. The summed E-state index contributed by atoms with van der Waals surface area (Å²) < 4.78 is 7.85. The van der Waals surface area contributed by atoms with Gasteiger partial charge in [-0.25, -0.2) is 0 Å². The minimum absolute atomic E-state index is 0.0159. The lowest BCUT2D eigenvalue weighted by Crippen LogP contribution is -2.22.